The maximum Gasteiger partial charge on any atom is 0.332 e. The molecule has 7 nitrogen and oxygen atoms in total. The van der Waals surface area contributed by atoms with Crippen LogP contribution in [0, 0.1) is 5.92 Å². The van der Waals surface area contributed by atoms with E-state index in [0.717, 1.165) is 11.1 Å². The first-order valence-electron chi connectivity index (χ1n) is 10.8. The molecule has 174 valence electrons. The lowest BCUT2D eigenvalue weighted by molar-refractivity contribution is -0.135. The van der Waals surface area contributed by atoms with Crippen molar-refractivity contribution in [1.82, 2.24) is 9.62 Å². The largest absolute Gasteiger partial charge is 0.342 e. The first-order valence-corrected chi connectivity index (χ1v) is 12.7. The lowest BCUT2D eigenvalue weighted by Gasteiger charge is -2.32. The quantitative estimate of drug-likeness (QED) is 0.629. The molecule has 0 bridgehead atoms. The number of halogens is 1. The molecule has 0 saturated carbocycles. The molecule has 0 aromatic heterocycles. The Balaban J connectivity index is 2.13. The zero-order valence-electron chi connectivity index (χ0n) is 19.2. The van der Waals surface area contributed by atoms with Gasteiger partial charge in [0.15, 0.2) is 0 Å². The maximum atomic E-state index is 12.8. The van der Waals surface area contributed by atoms with Crippen molar-refractivity contribution >= 4 is 39.2 Å². The standard InChI is InChI=1S/C22H34ClN3O4S/c1-13(2)18-11-16(23)12-19(14(3)4)20(18)24-22(28)25-31(29,30)17-7-9-26(10-8-17)21(27)15(5)6/h11-15,17H,7-10H2,1-6H3,(H2,24,25,28). The number of hydrogen-bond acceptors (Lipinski definition) is 4. The summed E-state index contributed by atoms with van der Waals surface area (Å²) in [6, 6.07) is 2.81. The summed E-state index contributed by atoms with van der Waals surface area (Å²) in [5.41, 5.74) is 2.30. The van der Waals surface area contributed by atoms with Crippen LogP contribution in [0.2, 0.25) is 5.02 Å². The SMILES string of the molecule is CC(C)C(=O)N1CCC(S(=O)(=O)NC(=O)Nc2c(C(C)C)cc(Cl)cc2C(C)C)CC1. The van der Waals surface area contributed by atoms with E-state index in [1.54, 1.807) is 17.0 Å². The molecule has 31 heavy (non-hydrogen) atoms. The molecule has 0 unspecified atom stereocenters. The fourth-order valence-electron chi connectivity index (χ4n) is 3.81. The smallest absolute Gasteiger partial charge is 0.332 e. The number of rotatable bonds is 6. The number of hydrogen-bond donors (Lipinski definition) is 2. The first kappa shape index (κ1) is 25.5. The molecule has 1 fully saturated rings. The molecule has 0 aliphatic carbocycles. The number of benzene rings is 1. The van der Waals surface area contributed by atoms with Gasteiger partial charge in [0.05, 0.1) is 5.25 Å². The number of sulfonamides is 1. The minimum atomic E-state index is -3.87. The average molecular weight is 472 g/mol. The Labute approximate surface area is 191 Å². The van der Waals surface area contributed by atoms with Crippen LogP contribution in [0.5, 0.6) is 0 Å². The third-order valence-corrected chi connectivity index (χ3v) is 7.61. The van der Waals surface area contributed by atoms with Crippen LogP contribution < -0.4 is 10.0 Å². The topological polar surface area (TPSA) is 95.6 Å². The summed E-state index contributed by atoms with van der Waals surface area (Å²) in [6.45, 7) is 12.3. The van der Waals surface area contributed by atoms with Crippen LogP contribution in [0.15, 0.2) is 12.1 Å². The summed E-state index contributed by atoms with van der Waals surface area (Å²) in [4.78, 5) is 26.5. The number of nitrogens with zero attached hydrogens (tertiary/aromatic N) is 1. The number of carbonyl (C=O) groups is 2. The minimum Gasteiger partial charge on any atom is -0.342 e. The second kappa shape index (κ2) is 10.2. The van der Waals surface area contributed by atoms with Gasteiger partial charge in [0.1, 0.15) is 0 Å². The fourth-order valence-corrected chi connectivity index (χ4v) is 5.35. The zero-order chi connectivity index (χ0) is 23.5. The zero-order valence-corrected chi connectivity index (χ0v) is 20.7. The van der Waals surface area contributed by atoms with Crippen molar-refractivity contribution < 1.29 is 18.0 Å². The van der Waals surface area contributed by atoms with E-state index in [9.17, 15) is 18.0 Å². The average Bonchev–Trinajstić information content (AvgIpc) is 2.67. The van der Waals surface area contributed by atoms with Crippen LogP contribution in [0.4, 0.5) is 10.5 Å². The van der Waals surface area contributed by atoms with Crippen molar-refractivity contribution in [2.24, 2.45) is 5.92 Å². The molecule has 1 aliphatic rings. The number of piperidine rings is 1. The van der Waals surface area contributed by atoms with Crippen molar-refractivity contribution in [3.8, 4) is 0 Å². The van der Waals surface area contributed by atoms with Gasteiger partial charge in [0, 0.05) is 29.7 Å². The van der Waals surface area contributed by atoms with Crippen LogP contribution in [0.3, 0.4) is 0 Å². The summed E-state index contributed by atoms with van der Waals surface area (Å²) < 4.78 is 27.8. The second-order valence-corrected chi connectivity index (χ2v) is 11.4. The summed E-state index contributed by atoms with van der Waals surface area (Å²) in [5.74, 6) is 0.0744. The molecule has 1 aromatic carbocycles. The van der Waals surface area contributed by atoms with Crippen molar-refractivity contribution in [1.29, 1.82) is 0 Å². The van der Waals surface area contributed by atoms with Crippen LogP contribution in [-0.2, 0) is 14.8 Å². The van der Waals surface area contributed by atoms with E-state index in [1.807, 2.05) is 41.5 Å². The normalized spacial score (nSPS) is 15.6. The summed E-state index contributed by atoms with van der Waals surface area (Å²) in [6.07, 6.45) is 0.604. The Morgan fingerprint density at radius 3 is 1.90 bits per heavy atom. The van der Waals surface area contributed by atoms with Gasteiger partial charge in [-0.1, -0.05) is 53.1 Å². The predicted molar refractivity (Wildman–Crippen MR) is 125 cm³/mol. The van der Waals surface area contributed by atoms with Gasteiger partial charge in [-0.2, -0.15) is 0 Å². The Morgan fingerprint density at radius 1 is 1.00 bits per heavy atom. The van der Waals surface area contributed by atoms with Crippen LogP contribution in [0.1, 0.15) is 77.3 Å². The molecular weight excluding hydrogens is 438 g/mol. The monoisotopic (exact) mass is 471 g/mol. The number of likely N-dealkylation sites (tertiary alicyclic amines) is 1. The highest BCUT2D eigenvalue weighted by Crippen LogP contribution is 2.35. The number of anilines is 1. The highest BCUT2D eigenvalue weighted by Gasteiger charge is 2.33. The molecule has 0 radical (unpaired) electrons. The van der Waals surface area contributed by atoms with E-state index >= 15 is 0 Å². The molecule has 9 heteroatoms. The number of urea groups is 1. The Bertz CT molecular complexity index is 892. The Hall–Kier alpha value is -1.80. The second-order valence-electron chi connectivity index (χ2n) is 9.05. The molecule has 1 saturated heterocycles. The van der Waals surface area contributed by atoms with Gasteiger partial charge in [0.25, 0.3) is 0 Å². The Kier molecular flexibility index (Phi) is 8.39. The van der Waals surface area contributed by atoms with Crippen LogP contribution >= 0.6 is 11.6 Å². The van der Waals surface area contributed by atoms with E-state index in [4.69, 9.17) is 11.6 Å². The lowest BCUT2D eigenvalue weighted by atomic mass is 9.92. The van der Waals surface area contributed by atoms with E-state index in [1.165, 1.54) is 0 Å². The van der Waals surface area contributed by atoms with Gasteiger partial charge in [-0.05, 0) is 47.9 Å². The lowest BCUT2D eigenvalue weighted by Crippen LogP contribution is -2.48. The van der Waals surface area contributed by atoms with Crippen molar-refractivity contribution in [3.63, 3.8) is 0 Å². The molecular formula is C22H34ClN3O4S. The third-order valence-electron chi connectivity index (χ3n) is 5.57. The highest BCUT2D eigenvalue weighted by atomic mass is 35.5. The summed E-state index contributed by atoms with van der Waals surface area (Å²) in [5, 5.41) is 2.62. The number of amides is 3. The van der Waals surface area contributed by atoms with Crippen LogP contribution in [0.25, 0.3) is 0 Å². The van der Waals surface area contributed by atoms with Gasteiger partial charge in [-0.3, -0.25) is 4.79 Å². The Morgan fingerprint density at radius 2 is 1.48 bits per heavy atom. The van der Waals surface area contributed by atoms with Crippen LogP contribution in [-0.4, -0.2) is 43.6 Å². The molecule has 0 atom stereocenters. The third kappa shape index (κ3) is 6.35. The van der Waals surface area contributed by atoms with Gasteiger partial charge in [0.2, 0.25) is 15.9 Å². The first-order chi connectivity index (χ1) is 14.3. The molecule has 1 aromatic rings. The van der Waals surface area contributed by atoms with Gasteiger partial charge in [-0.15, -0.1) is 0 Å². The van der Waals surface area contributed by atoms with E-state index in [2.05, 4.69) is 10.0 Å². The van der Waals surface area contributed by atoms with Gasteiger partial charge in [-0.25, -0.2) is 17.9 Å². The molecule has 2 rings (SSSR count). The fraction of sp³-hybridized carbons (Fsp3) is 0.636. The molecule has 1 aliphatic heterocycles. The molecule has 2 N–H and O–H groups in total. The van der Waals surface area contributed by atoms with Crippen molar-refractivity contribution in [2.75, 3.05) is 18.4 Å². The maximum absolute atomic E-state index is 12.8. The summed E-state index contributed by atoms with van der Waals surface area (Å²) >= 11 is 6.26. The van der Waals surface area contributed by atoms with E-state index in [-0.39, 0.29) is 23.7 Å². The molecule has 1 heterocycles. The van der Waals surface area contributed by atoms with Crippen molar-refractivity contribution in [3.05, 3.63) is 28.3 Å². The summed E-state index contributed by atoms with van der Waals surface area (Å²) in [7, 11) is -3.87. The molecule has 3 amide bonds. The minimum absolute atomic E-state index is 0.0201. The molecule has 0 spiro atoms. The van der Waals surface area contributed by atoms with E-state index < -0.39 is 21.3 Å². The van der Waals surface area contributed by atoms with Crippen molar-refractivity contribution in [2.45, 2.75) is 71.5 Å². The highest BCUT2D eigenvalue weighted by molar-refractivity contribution is 7.90. The van der Waals surface area contributed by atoms with Gasteiger partial charge >= 0.3 is 6.03 Å². The van der Waals surface area contributed by atoms with E-state index in [0.29, 0.717) is 36.6 Å². The van der Waals surface area contributed by atoms with Gasteiger partial charge < -0.3 is 10.2 Å². The number of carbonyl (C=O) groups excluding carboxylic acids is 2. The number of nitrogens with one attached hydrogen (secondary N) is 2. The predicted octanol–water partition coefficient (Wildman–Crippen LogP) is 4.69.